The number of furan rings is 1. The zero-order valence-electron chi connectivity index (χ0n) is 14.7. The maximum absolute atomic E-state index is 12.2. The largest absolute Gasteiger partial charge is 0.464 e. The highest BCUT2D eigenvalue weighted by Gasteiger charge is 2.25. The molecule has 1 unspecified atom stereocenters. The van der Waals surface area contributed by atoms with Crippen LogP contribution in [-0.4, -0.2) is 61.7 Å². The van der Waals surface area contributed by atoms with Gasteiger partial charge in [0.15, 0.2) is 5.58 Å². The first-order valence-corrected chi connectivity index (χ1v) is 8.86. The lowest BCUT2D eigenvalue weighted by atomic mass is 10.2. The second-order valence-corrected chi connectivity index (χ2v) is 6.66. The SMILES string of the molecule is COC(=O)c1cc2oc3ccccc3c2n1CC(O)C[NH+]1CCOCC1. The van der Waals surface area contributed by atoms with Gasteiger partial charge < -0.3 is 28.5 Å². The molecule has 26 heavy (non-hydrogen) atoms. The number of esters is 1. The van der Waals surface area contributed by atoms with E-state index in [0.717, 1.165) is 42.8 Å². The molecule has 7 heteroatoms. The van der Waals surface area contributed by atoms with Crippen molar-refractivity contribution in [2.75, 3.05) is 40.0 Å². The van der Waals surface area contributed by atoms with Gasteiger partial charge in [0.2, 0.25) is 0 Å². The summed E-state index contributed by atoms with van der Waals surface area (Å²) in [4.78, 5) is 13.5. The number of hydrogen-bond acceptors (Lipinski definition) is 5. The summed E-state index contributed by atoms with van der Waals surface area (Å²) >= 11 is 0. The zero-order chi connectivity index (χ0) is 18.1. The number of fused-ring (bicyclic) bond motifs is 3. The topological polar surface area (TPSA) is 78.3 Å². The molecule has 0 spiro atoms. The molecule has 1 fully saturated rings. The minimum Gasteiger partial charge on any atom is -0.464 e. The molecular formula is C19H23N2O5+. The van der Waals surface area contributed by atoms with Crippen molar-refractivity contribution < 1.29 is 28.7 Å². The number of nitrogens with zero attached hydrogens (tertiary/aromatic N) is 1. The molecule has 2 N–H and O–H groups in total. The van der Waals surface area contributed by atoms with E-state index in [-0.39, 0.29) is 0 Å². The zero-order valence-corrected chi connectivity index (χ0v) is 14.7. The van der Waals surface area contributed by atoms with E-state index in [9.17, 15) is 9.90 Å². The van der Waals surface area contributed by atoms with Crippen LogP contribution in [0.25, 0.3) is 22.1 Å². The Kier molecular flexibility index (Phi) is 4.67. The molecule has 7 nitrogen and oxygen atoms in total. The molecule has 1 saturated heterocycles. The molecule has 1 aliphatic heterocycles. The monoisotopic (exact) mass is 359 g/mol. The molecule has 2 aromatic heterocycles. The van der Waals surface area contributed by atoms with Crippen LogP contribution in [0.1, 0.15) is 10.5 Å². The van der Waals surface area contributed by atoms with Gasteiger partial charge in [-0.2, -0.15) is 0 Å². The van der Waals surface area contributed by atoms with Crippen LogP contribution in [0.15, 0.2) is 34.7 Å². The van der Waals surface area contributed by atoms with Gasteiger partial charge in [-0.15, -0.1) is 0 Å². The molecule has 0 amide bonds. The highest BCUT2D eigenvalue weighted by molar-refractivity contribution is 6.06. The minimum absolute atomic E-state index is 0.307. The molecule has 0 aliphatic carbocycles. The molecule has 138 valence electrons. The maximum Gasteiger partial charge on any atom is 0.354 e. The van der Waals surface area contributed by atoms with E-state index in [0.29, 0.717) is 24.4 Å². The quantitative estimate of drug-likeness (QED) is 0.647. The van der Waals surface area contributed by atoms with Gasteiger partial charge in [0.1, 0.15) is 37.0 Å². The van der Waals surface area contributed by atoms with Gasteiger partial charge in [-0.25, -0.2) is 4.79 Å². The van der Waals surface area contributed by atoms with Crippen molar-refractivity contribution in [2.24, 2.45) is 0 Å². The van der Waals surface area contributed by atoms with Crippen LogP contribution >= 0.6 is 0 Å². The first kappa shape index (κ1) is 17.1. The van der Waals surface area contributed by atoms with Crippen molar-refractivity contribution in [1.82, 2.24) is 4.57 Å². The van der Waals surface area contributed by atoms with E-state index in [1.807, 2.05) is 28.8 Å². The van der Waals surface area contributed by atoms with Crippen molar-refractivity contribution in [1.29, 1.82) is 0 Å². The molecule has 0 bridgehead atoms. The van der Waals surface area contributed by atoms with E-state index < -0.39 is 12.1 Å². The maximum atomic E-state index is 12.2. The van der Waals surface area contributed by atoms with Gasteiger partial charge in [0, 0.05) is 11.5 Å². The molecule has 1 aliphatic rings. The highest BCUT2D eigenvalue weighted by atomic mass is 16.5. The Morgan fingerprint density at radius 3 is 2.85 bits per heavy atom. The van der Waals surface area contributed by atoms with Crippen LogP contribution in [-0.2, 0) is 16.0 Å². The Hall–Kier alpha value is -2.35. The van der Waals surface area contributed by atoms with Crippen LogP contribution in [0, 0.1) is 0 Å². The second-order valence-electron chi connectivity index (χ2n) is 6.66. The summed E-state index contributed by atoms with van der Waals surface area (Å²) < 4.78 is 18.0. The van der Waals surface area contributed by atoms with Crippen molar-refractivity contribution in [2.45, 2.75) is 12.6 Å². The average Bonchev–Trinajstić information content (AvgIpc) is 3.18. The minimum atomic E-state index is -0.587. The van der Waals surface area contributed by atoms with Gasteiger partial charge in [-0.3, -0.25) is 0 Å². The third-order valence-electron chi connectivity index (χ3n) is 4.94. The van der Waals surface area contributed by atoms with E-state index in [4.69, 9.17) is 13.9 Å². The number of para-hydroxylation sites is 1. The molecule has 3 heterocycles. The van der Waals surface area contributed by atoms with Crippen molar-refractivity contribution >= 4 is 28.0 Å². The van der Waals surface area contributed by atoms with E-state index in [1.165, 1.54) is 12.0 Å². The summed E-state index contributed by atoms with van der Waals surface area (Å²) in [6, 6.07) is 9.38. The van der Waals surface area contributed by atoms with Gasteiger partial charge in [0.25, 0.3) is 0 Å². The number of hydrogen-bond donors (Lipinski definition) is 2. The number of aliphatic hydroxyl groups excluding tert-OH is 1. The molecule has 4 rings (SSSR count). The van der Waals surface area contributed by atoms with Crippen LogP contribution in [0.4, 0.5) is 0 Å². The second kappa shape index (κ2) is 7.11. The fraction of sp³-hybridized carbons (Fsp3) is 0.421. The number of carbonyl (C=O) groups is 1. The number of rotatable bonds is 5. The predicted molar refractivity (Wildman–Crippen MR) is 95.4 cm³/mol. The fourth-order valence-electron chi connectivity index (χ4n) is 3.69. The van der Waals surface area contributed by atoms with Gasteiger partial charge >= 0.3 is 5.97 Å². The first-order chi connectivity index (χ1) is 12.7. The summed E-state index contributed by atoms with van der Waals surface area (Å²) in [5.41, 5.74) is 2.59. The van der Waals surface area contributed by atoms with Crippen molar-refractivity contribution in [3.8, 4) is 0 Å². The lowest BCUT2D eigenvalue weighted by Gasteiger charge is -2.26. The number of nitrogens with one attached hydrogen (secondary N) is 1. The van der Waals surface area contributed by atoms with E-state index in [1.54, 1.807) is 6.07 Å². The number of aliphatic hydroxyl groups is 1. The molecule has 0 saturated carbocycles. The third-order valence-corrected chi connectivity index (χ3v) is 4.94. The number of ether oxygens (including phenoxy) is 2. The van der Waals surface area contributed by atoms with Crippen molar-refractivity contribution in [3.63, 3.8) is 0 Å². The Balaban J connectivity index is 1.69. The Bertz CT molecular complexity index is 923. The number of morpholine rings is 1. The van der Waals surface area contributed by atoms with Crippen LogP contribution < -0.4 is 4.90 Å². The van der Waals surface area contributed by atoms with Crippen LogP contribution in [0.5, 0.6) is 0 Å². The fourth-order valence-corrected chi connectivity index (χ4v) is 3.69. The molecule has 1 aromatic carbocycles. The summed E-state index contributed by atoms with van der Waals surface area (Å²) in [6.07, 6.45) is -0.587. The summed E-state index contributed by atoms with van der Waals surface area (Å²) in [7, 11) is 1.36. The normalized spacial score (nSPS) is 17.0. The molecular weight excluding hydrogens is 336 g/mol. The number of quaternary nitrogens is 1. The Morgan fingerprint density at radius 2 is 2.08 bits per heavy atom. The summed E-state index contributed by atoms with van der Waals surface area (Å²) in [5.74, 6) is -0.439. The third kappa shape index (κ3) is 3.09. The lowest BCUT2D eigenvalue weighted by Crippen LogP contribution is -3.15. The van der Waals surface area contributed by atoms with Gasteiger partial charge in [-0.1, -0.05) is 12.1 Å². The molecule has 0 radical (unpaired) electrons. The van der Waals surface area contributed by atoms with Gasteiger partial charge in [-0.05, 0) is 12.1 Å². The van der Waals surface area contributed by atoms with E-state index in [2.05, 4.69) is 0 Å². The molecule has 1 atom stereocenters. The lowest BCUT2D eigenvalue weighted by molar-refractivity contribution is -0.911. The number of aromatic nitrogens is 1. The predicted octanol–water partition coefficient (Wildman–Crippen LogP) is 0.450. The Labute approximate surface area is 150 Å². The number of carbonyl (C=O) groups excluding carboxylic acids is 1. The van der Waals surface area contributed by atoms with Crippen LogP contribution in [0.2, 0.25) is 0 Å². The Morgan fingerprint density at radius 1 is 1.31 bits per heavy atom. The smallest absolute Gasteiger partial charge is 0.354 e. The standard InChI is InChI=1S/C19H22N2O5/c1-24-19(23)15-10-17-18(14-4-2-3-5-16(14)26-17)21(15)12-13(22)11-20-6-8-25-9-7-20/h2-5,10,13,22H,6-9,11-12H2,1H3/p+1. The van der Waals surface area contributed by atoms with Crippen molar-refractivity contribution in [3.05, 3.63) is 36.0 Å². The number of methoxy groups -OCH3 is 1. The van der Waals surface area contributed by atoms with Gasteiger partial charge in [0.05, 0.1) is 32.4 Å². The number of benzene rings is 1. The molecule has 3 aromatic rings. The highest BCUT2D eigenvalue weighted by Crippen LogP contribution is 2.31. The van der Waals surface area contributed by atoms with E-state index >= 15 is 0 Å². The average molecular weight is 359 g/mol. The first-order valence-electron chi connectivity index (χ1n) is 8.86. The van der Waals surface area contributed by atoms with Crippen LogP contribution in [0.3, 0.4) is 0 Å². The summed E-state index contributed by atoms with van der Waals surface area (Å²) in [6.45, 7) is 4.12. The summed E-state index contributed by atoms with van der Waals surface area (Å²) in [5, 5.41) is 11.6.